The van der Waals surface area contributed by atoms with Gasteiger partial charge in [-0.2, -0.15) is 13.2 Å². The highest BCUT2D eigenvalue weighted by molar-refractivity contribution is 5.49. The summed E-state index contributed by atoms with van der Waals surface area (Å²) in [5.74, 6) is -0.251. The summed E-state index contributed by atoms with van der Waals surface area (Å²) >= 11 is 0. The first-order valence-corrected chi connectivity index (χ1v) is 6.49. The first-order chi connectivity index (χ1) is 9.79. The van der Waals surface area contributed by atoms with E-state index in [0.29, 0.717) is 18.9 Å². The molecule has 0 spiro atoms. The number of alkyl halides is 3. The lowest BCUT2D eigenvalue weighted by atomic mass is 9.95. The molecule has 1 aromatic carbocycles. The topological polar surface area (TPSA) is 72.6 Å². The summed E-state index contributed by atoms with van der Waals surface area (Å²) in [7, 11) is 0. The molecule has 1 aliphatic rings. The molecule has 116 valence electrons. The number of nitrogens with zero attached hydrogens (tertiary/aromatic N) is 1. The van der Waals surface area contributed by atoms with Crippen LogP contribution in [0, 0.1) is 10.1 Å². The van der Waals surface area contributed by atoms with Crippen molar-refractivity contribution in [2.24, 2.45) is 0 Å². The third-order valence-electron chi connectivity index (χ3n) is 3.43. The van der Waals surface area contributed by atoms with E-state index in [4.69, 9.17) is 4.74 Å². The summed E-state index contributed by atoms with van der Waals surface area (Å²) < 4.78 is 43.1. The molecule has 0 heterocycles. The molecule has 1 aromatic rings. The number of benzene rings is 1. The highest BCUT2D eigenvalue weighted by atomic mass is 19.4. The Kier molecular flexibility index (Phi) is 4.36. The minimum absolute atomic E-state index is 0.251. The van der Waals surface area contributed by atoms with Crippen LogP contribution in [-0.4, -0.2) is 22.2 Å². The van der Waals surface area contributed by atoms with Gasteiger partial charge < -0.3 is 9.84 Å². The summed E-state index contributed by atoms with van der Waals surface area (Å²) in [6.07, 6.45) is -3.40. The summed E-state index contributed by atoms with van der Waals surface area (Å²) in [5.41, 5.74) is -1.85. The van der Waals surface area contributed by atoms with Gasteiger partial charge >= 0.3 is 11.9 Å². The lowest BCUT2D eigenvalue weighted by molar-refractivity contribution is -0.386. The molecular formula is C13H14F3NO4. The monoisotopic (exact) mass is 305 g/mol. The Morgan fingerprint density at radius 2 is 1.95 bits per heavy atom. The van der Waals surface area contributed by atoms with E-state index in [-0.39, 0.29) is 5.75 Å². The van der Waals surface area contributed by atoms with Crippen LogP contribution in [0.1, 0.15) is 31.2 Å². The molecule has 21 heavy (non-hydrogen) atoms. The summed E-state index contributed by atoms with van der Waals surface area (Å²) in [4.78, 5) is 10.0. The van der Waals surface area contributed by atoms with Crippen molar-refractivity contribution < 1.29 is 27.9 Å². The van der Waals surface area contributed by atoms with Crippen molar-refractivity contribution in [3.8, 4) is 5.75 Å². The van der Waals surface area contributed by atoms with Crippen molar-refractivity contribution >= 4 is 5.69 Å². The molecule has 0 saturated heterocycles. The van der Waals surface area contributed by atoms with Gasteiger partial charge in [-0.1, -0.05) is 6.42 Å². The lowest BCUT2D eigenvalue weighted by Gasteiger charge is -2.28. The van der Waals surface area contributed by atoms with Crippen LogP contribution in [0.15, 0.2) is 18.2 Å². The van der Waals surface area contributed by atoms with E-state index in [2.05, 4.69) is 0 Å². The summed E-state index contributed by atoms with van der Waals surface area (Å²) in [5, 5.41) is 20.7. The summed E-state index contributed by atoms with van der Waals surface area (Å²) in [6.45, 7) is 0. The molecule has 0 aromatic heterocycles. The molecule has 2 atom stereocenters. The maximum absolute atomic E-state index is 12.6. The standard InChI is InChI=1S/C13H14F3NO4/c14-13(15,16)8-5-6-11(9(7-8)17(19)20)21-12-4-2-1-3-10(12)18/h5-7,10,12,18H,1-4H2/t10-,12-/m1/s1. The zero-order valence-electron chi connectivity index (χ0n) is 11.0. The van der Waals surface area contributed by atoms with Crippen molar-refractivity contribution in [1.29, 1.82) is 0 Å². The van der Waals surface area contributed by atoms with Crippen molar-refractivity contribution in [1.82, 2.24) is 0 Å². The number of nitro benzene ring substituents is 1. The normalized spacial score (nSPS) is 22.9. The van der Waals surface area contributed by atoms with Crippen molar-refractivity contribution in [2.75, 3.05) is 0 Å². The van der Waals surface area contributed by atoms with E-state index in [1.165, 1.54) is 0 Å². The molecule has 0 aliphatic heterocycles. The van der Waals surface area contributed by atoms with E-state index in [9.17, 15) is 28.4 Å². The third-order valence-corrected chi connectivity index (χ3v) is 3.43. The van der Waals surface area contributed by atoms with Crippen LogP contribution in [0.3, 0.4) is 0 Å². The second kappa shape index (κ2) is 5.88. The average Bonchev–Trinajstić information content (AvgIpc) is 2.40. The third kappa shape index (κ3) is 3.63. The Bertz CT molecular complexity index is 533. The van der Waals surface area contributed by atoms with Crippen LogP contribution in [0.5, 0.6) is 5.75 Å². The van der Waals surface area contributed by atoms with E-state index in [0.717, 1.165) is 25.0 Å². The van der Waals surface area contributed by atoms with E-state index in [1.807, 2.05) is 0 Å². The molecule has 1 fully saturated rings. The van der Waals surface area contributed by atoms with Gasteiger partial charge in [0.1, 0.15) is 6.10 Å². The Morgan fingerprint density at radius 1 is 1.29 bits per heavy atom. The van der Waals surface area contributed by atoms with Crippen LogP contribution >= 0.6 is 0 Å². The van der Waals surface area contributed by atoms with Gasteiger partial charge in [0.15, 0.2) is 5.75 Å². The molecule has 1 N–H and O–H groups in total. The zero-order valence-corrected chi connectivity index (χ0v) is 11.0. The smallest absolute Gasteiger partial charge is 0.416 e. The molecule has 5 nitrogen and oxygen atoms in total. The fourth-order valence-electron chi connectivity index (χ4n) is 2.31. The minimum Gasteiger partial charge on any atom is -0.481 e. The first kappa shape index (κ1) is 15.6. The number of hydrogen-bond donors (Lipinski definition) is 1. The molecule has 1 saturated carbocycles. The van der Waals surface area contributed by atoms with Gasteiger partial charge in [-0.3, -0.25) is 10.1 Å². The van der Waals surface area contributed by atoms with Crippen LogP contribution < -0.4 is 4.74 Å². The predicted molar refractivity (Wildman–Crippen MR) is 67.0 cm³/mol. The van der Waals surface area contributed by atoms with Gasteiger partial charge in [-0.25, -0.2) is 0 Å². The Morgan fingerprint density at radius 3 is 2.52 bits per heavy atom. The van der Waals surface area contributed by atoms with Crippen LogP contribution in [0.2, 0.25) is 0 Å². The fourth-order valence-corrected chi connectivity index (χ4v) is 2.31. The Hall–Kier alpha value is -1.83. The van der Waals surface area contributed by atoms with Crippen LogP contribution in [0.25, 0.3) is 0 Å². The van der Waals surface area contributed by atoms with E-state index >= 15 is 0 Å². The molecular weight excluding hydrogens is 291 g/mol. The number of halogens is 3. The maximum atomic E-state index is 12.6. The van der Waals surface area contributed by atoms with Gasteiger partial charge in [0.05, 0.1) is 16.6 Å². The second-order valence-electron chi connectivity index (χ2n) is 4.95. The number of aliphatic hydroxyl groups excluding tert-OH is 1. The van der Waals surface area contributed by atoms with Crippen LogP contribution in [0.4, 0.5) is 18.9 Å². The Labute approximate surface area is 118 Å². The zero-order chi connectivity index (χ0) is 15.6. The van der Waals surface area contributed by atoms with Crippen molar-refractivity contribution in [2.45, 2.75) is 44.1 Å². The van der Waals surface area contributed by atoms with E-state index in [1.54, 1.807) is 0 Å². The lowest BCUT2D eigenvalue weighted by Crippen LogP contribution is -2.34. The van der Waals surface area contributed by atoms with Gasteiger partial charge in [0.2, 0.25) is 0 Å². The molecule has 8 heteroatoms. The largest absolute Gasteiger partial charge is 0.481 e. The van der Waals surface area contributed by atoms with E-state index < -0.39 is 34.6 Å². The highest BCUT2D eigenvalue weighted by Gasteiger charge is 2.34. The number of hydrogen-bond acceptors (Lipinski definition) is 4. The number of aliphatic hydroxyl groups is 1. The van der Waals surface area contributed by atoms with Gasteiger partial charge in [-0.15, -0.1) is 0 Å². The number of nitro groups is 1. The molecule has 0 unspecified atom stereocenters. The highest BCUT2D eigenvalue weighted by Crippen LogP contribution is 2.37. The molecule has 1 aliphatic carbocycles. The van der Waals surface area contributed by atoms with Crippen LogP contribution in [-0.2, 0) is 6.18 Å². The first-order valence-electron chi connectivity index (χ1n) is 6.49. The quantitative estimate of drug-likeness (QED) is 0.687. The average molecular weight is 305 g/mol. The van der Waals surface area contributed by atoms with Crippen molar-refractivity contribution in [3.05, 3.63) is 33.9 Å². The fraction of sp³-hybridized carbons (Fsp3) is 0.538. The Balaban J connectivity index is 2.28. The molecule has 0 bridgehead atoms. The summed E-state index contributed by atoms with van der Waals surface area (Å²) in [6, 6.07) is 2.12. The van der Waals surface area contributed by atoms with Gasteiger partial charge in [0.25, 0.3) is 0 Å². The molecule has 0 radical (unpaired) electrons. The molecule has 2 rings (SSSR count). The predicted octanol–water partition coefficient (Wildman–Crippen LogP) is 3.30. The van der Waals surface area contributed by atoms with Gasteiger partial charge in [0, 0.05) is 6.07 Å². The second-order valence-corrected chi connectivity index (χ2v) is 4.95. The minimum atomic E-state index is -4.66. The van der Waals surface area contributed by atoms with Crippen molar-refractivity contribution in [3.63, 3.8) is 0 Å². The number of ether oxygens (including phenoxy) is 1. The number of rotatable bonds is 3. The maximum Gasteiger partial charge on any atom is 0.416 e. The van der Waals surface area contributed by atoms with Gasteiger partial charge in [-0.05, 0) is 31.4 Å². The SMILES string of the molecule is O=[N+]([O-])c1cc(C(F)(F)F)ccc1O[C@@H]1CCCC[C@H]1O. The molecule has 0 amide bonds.